The minimum Gasteiger partial charge on any atom is -0.502 e. The highest BCUT2D eigenvalue weighted by molar-refractivity contribution is 7.11. The topological polar surface area (TPSA) is 57.6 Å². The molecule has 1 aliphatic heterocycles. The number of hydrogen-bond acceptors (Lipinski definition) is 4. The van der Waals surface area contributed by atoms with E-state index in [1.54, 1.807) is 24.4 Å². The molecule has 0 bridgehead atoms. The molecule has 0 aromatic carbocycles. The molecule has 0 spiro atoms. The van der Waals surface area contributed by atoms with E-state index in [0.29, 0.717) is 4.88 Å². The number of likely N-dealkylation sites (N-methyl/N-ethyl adjacent to an activating group) is 1. The van der Waals surface area contributed by atoms with Crippen LogP contribution in [0.3, 0.4) is 0 Å². The number of hydrogen-bond donors (Lipinski definition) is 1. The number of carbonyl (C=O) groups is 2. The molecule has 1 N–H and O–H groups in total. The second-order valence-corrected chi connectivity index (χ2v) is 4.00. The monoisotopic (exact) mass is 223 g/mol. The summed E-state index contributed by atoms with van der Waals surface area (Å²) < 4.78 is 0. The van der Waals surface area contributed by atoms with Crippen molar-refractivity contribution in [2.45, 2.75) is 6.92 Å². The molecule has 0 aliphatic carbocycles. The van der Waals surface area contributed by atoms with Crippen molar-refractivity contribution in [1.82, 2.24) is 4.90 Å². The van der Waals surface area contributed by atoms with Crippen LogP contribution in [0.25, 0.3) is 5.57 Å². The lowest BCUT2D eigenvalue weighted by Crippen LogP contribution is -2.31. The Morgan fingerprint density at radius 3 is 2.60 bits per heavy atom. The number of nitrogens with zero attached hydrogens (tertiary/aromatic N) is 1. The minimum atomic E-state index is -0.606. The molecule has 2 heterocycles. The van der Waals surface area contributed by atoms with E-state index in [9.17, 15) is 14.7 Å². The van der Waals surface area contributed by atoms with E-state index in [0.717, 1.165) is 4.90 Å². The van der Waals surface area contributed by atoms with Gasteiger partial charge in [0, 0.05) is 11.4 Å². The molecule has 1 aromatic rings. The van der Waals surface area contributed by atoms with E-state index < -0.39 is 17.6 Å². The quantitative estimate of drug-likeness (QED) is 0.771. The Bertz CT molecular complexity index is 447. The molecule has 2 rings (SSSR count). The molecular formula is C10H9NO3S. The molecule has 78 valence electrons. The summed E-state index contributed by atoms with van der Waals surface area (Å²) >= 11 is 1.32. The maximum Gasteiger partial charge on any atom is 0.296 e. The van der Waals surface area contributed by atoms with E-state index in [1.807, 2.05) is 0 Å². The predicted molar refractivity (Wildman–Crippen MR) is 56.3 cm³/mol. The molecular weight excluding hydrogens is 214 g/mol. The molecule has 4 nitrogen and oxygen atoms in total. The molecule has 1 aliphatic rings. The number of imide groups is 1. The summed E-state index contributed by atoms with van der Waals surface area (Å²) in [4.78, 5) is 24.9. The first kappa shape index (κ1) is 9.92. The smallest absolute Gasteiger partial charge is 0.296 e. The van der Waals surface area contributed by atoms with Gasteiger partial charge in [-0.3, -0.25) is 14.5 Å². The Morgan fingerprint density at radius 1 is 1.40 bits per heavy atom. The minimum absolute atomic E-state index is 0.122. The highest BCUT2D eigenvalue weighted by Gasteiger charge is 2.38. The number of amides is 2. The zero-order valence-electron chi connectivity index (χ0n) is 8.06. The van der Waals surface area contributed by atoms with Crippen molar-refractivity contribution in [1.29, 1.82) is 0 Å². The zero-order chi connectivity index (χ0) is 11.0. The second kappa shape index (κ2) is 3.51. The van der Waals surface area contributed by atoms with E-state index in [-0.39, 0.29) is 12.1 Å². The van der Waals surface area contributed by atoms with Gasteiger partial charge in [0.05, 0.1) is 0 Å². The molecule has 1 aromatic heterocycles. The van der Waals surface area contributed by atoms with Crippen molar-refractivity contribution in [3.8, 4) is 0 Å². The lowest BCUT2D eigenvalue weighted by atomic mass is 10.2. The zero-order valence-corrected chi connectivity index (χ0v) is 8.87. The Morgan fingerprint density at radius 2 is 2.13 bits per heavy atom. The van der Waals surface area contributed by atoms with E-state index >= 15 is 0 Å². The maximum absolute atomic E-state index is 11.7. The lowest BCUT2D eigenvalue weighted by Gasteiger charge is -2.09. The number of thiophene rings is 1. The summed E-state index contributed by atoms with van der Waals surface area (Å²) in [5.41, 5.74) is 0.122. The van der Waals surface area contributed by atoms with Gasteiger partial charge in [-0.1, -0.05) is 6.07 Å². The Hall–Kier alpha value is -1.62. The van der Waals surface area contributed by atoms with Crippen LogP contribution in [0.4, 0.5) is 0 Å². The van der Waals surface area contributed by atoms with Gasteiger partial charge in [-0.25, -0.2) is 0 Å². The fourth-order valence-electron chi connectivity index (χ4n) is 1.49. The van der Waals surface area contributed by atoms with Crippen molar-refractivity contribution >= 4 is 28.7 Å². The van der Waals surface area contributed by atoms with Crippen LogP contribution < -0.4 is 0 Å². The van der Waals surface area contributed by atoms with E-state index in [1.165, 1.54) is 11.3 Å². The second-order valence-electron chi connectivity index (χ2n) is 3.06. The average molecular weight is 223 g/mol. The number of carbonyl (C=O) groups excluding carboxylic acids is 2. The van der Waals surface area contributed by atoms with Crippen LogP contribution in [0.2, 0.25) is 0 Å². The molecule has 15 heavy (non-hydrogen) atoms. The normalized spacial score (nSPS) is 16.7. The Balaban J connectivity index is 2.49. The van der Waals surface area contributed by atoms with Crippen LogP contribution in [-0.2, 0) is 9.59 Å². The first-order chi connectivity index (χ1) is 7.16. The van der Waals surface area contributed by atoms with Crippen LogP contribution >= 0.6 is 11.3 Å². The molecule has 0 fully saturated rings. The van der Waals surface area contributed by atoms with Crippen molar-refractivity contribution in [2.24, 2.45) is 0 Å². The highest BCUT2D eigenvalue weighted by Crippen LogP contribution is 2.30. The number of aliphatic hydroxyl groups is 1. The van der Waals surface area contributed by atoms with Crippen molar-refractivity contribution < 1.29 is 14.7 Å². The molecule has 0 unspecified atom stereocenters. The molecule has 0 saturated carbocycles. The van der Waals surface area contributed by atoms with Gasteiger partial charge in [0.1, 0.15) is 5.57 Å². The third-order valence-corrected chi connectivity index (χ3v) is 3.11. The summed E-state index contributed by atoms with van der Waals surface area (Å²) in [7, 11) is 0. The molecule has 5 heteroatoms. The largest absolute Gasteiger partial charge is 0.502 e. The SMILES string of the molecule is CCN1C(=O)C(O)=C(c2cccs2)C1=O. The van der Waals surface area contributed by atoms with E-state index in [2.05, 4.69) is 0 Å². The summed E-state index contributed by atoms with van der Waals surface area (Å²) in [5, 5.41) is 11.4. The molecule has 0 saturated heterocycles. The van der Waals surface area contributed by atoms with Crippen LogP contribution in [-0.4, -0.2) is 28.4 Å². The van der Waals surface area contributed by atoms with Gasteiger partial charge >= 0.3 is 0 Å². The standard InChI is InChI=1S/C10H9NO3S/c1-2-11-9(13)7(8(12)10(11)14)6-4-3-5-15-6/h3-5,12H,2H2,1H3. The molecule has 2 amide bonds. The predicted octanol–water partition coefficient (Wildman–Crippen LogP) is 1.41. The van der Waals surface area contributed by atoms with Gasteiger partial charge in [-0.05, 0) is 18.4 Å². The summed E-state index contributed by atoms with van der Waals surface area (Å²) in [6.07, 6.45) is 0. The van der Waals surface area contributed by atoms with Crippen LogP contribution in [0.5, 0.6) is 0 Å². The maximum atomic E-state index is 11.7. The summed E-state index contributed by atoms with van der Waals surface area (Å²) in [6.45, 7) is 1.97. The van der Waals surface area contributed by atoms with Crippen LogP contribution in [0.15, 0.2) is 23.3 Å². The third kappa shape index (κ3) is 1.35. The first-order valence-electron chi connectivity index (χ1n) is 4.50. The fraction of sp³-hybridized carbons (Fsp3) is 0.200. The first-order valence-corrected chi connectivity index (χ1v) is 5.38. The van der Waals surface area contributed by atoms with Gasteiger partial charge in [-0.15, -0.1) is 11.3 Å². The van der Waals surface area contributed by atoms with Gasteiger partial charge in [0.15, 0.2) is 5.76 Å². The summed E-state index contributed by atoms with van der Waals surface area (Å²) in [5.74, 6) is -1.46. The van der Waals surface area contributed by atoms with Crippen molar-refractivity contribution in [3.05, 3.63) is 28.1 Å². The van der Waals surface area contributed by atoms with Gasteiger partial charge in [0.2, 0.25) is 0 Å². The summed E-state index contributed by atoms with van der Waals surface area (Å²) in [6, 6.07) is 3.48. The third-order valence-electron chi connectivity index (χ3n) is 2.23. The Labute approximate surface area is 90.4 Å². The highest BCUT2D eigenvalue weighted by atomic mass is 32.1. The van der Waals surface area contributed by atoms with Crippen molar-refractivity contribution in [3.63, 3.8) is 0 Å². The fourth-order valence-corrected chi connectivity index (χ4v) is 2.26. The van der Waals surface area contributed by atoms with Gasteiger partial charge < -0.3 is 5.11 Å². The number of aliphatic hydroxyl groups excluding tert-OH is 1. The number of rotatable bonds is 2. The van der Waals surface area contributed by atoms with Crippen LogP contribution in [0, 0.1) is 0 Å². The Kier molecular flexibility index (Phi) is 2.32. The van der Waals surface area contributed by atoms with Crippen LogP contribution in [0.1, 0.15) is 11.8 Å². The molecule has 0 atom stereocenters. The van der Waals surface area contributed by atoms with Gasteiger partial charge in [0.25, 0.3) is 11.8 Å². The lowest BCUT2D eigenvalue weighted by molar-refractivity contribution is -0.137. The van der Waals surface area contributed by atoms with Gasteiger partial charge in [-0.2, -0.15) is 0 Å². The van der Waals surface area contributed by atoms with Crippen molar-refractivity contribution in [2.75, 3.05) is 6.54 Å². The average Bonchev–Trinajstić information content (AvgIpc) is 2.77. The molecule has 0 radical (unpaired) electrons. The van der Waals surface area contributed by atoms with E-state index in [4.69, 9.17) is 0 Å².